The number of carbonyl (C=O) groups excluding carboxylic acids is 2. The lowest BCUT2D eigenvalue weighted by molar-refractivity contribution is -0.113. The van der Waals surface area contributed by atoms with Crippen LogP contribution in [0.1, 0.15) is 36.8 Å². The second-order valence-corrected chi connectivity index (χ2v) is 11.9. The summed E-state index contributed by atoms with van der Waals surface area (Å²) in [6.07, 6.45) is 0. The molecule has 2 aromatic carbocycles. The Morgan fingerprint density at radius 3 is 2.29 bits per heavy atom. The van der Waals surface area contributed by atoms with Crippen LogP contribution in [0.5, 0.6) is 0 Å². The van der Waals surface area contributed by atoms with Crippen LogP contribution < -0.4 is 10.2 Å². The molecule has 0 aliphatic carbocycles. The van der Waals surface area contributed by atoms with Crippen LogP contribution in [0.15, 0.2) is 58.3 Å². The van der Waals surface area contributed by atoms with Crippen LogP contribution in [-0.2, 0) is 10.2 Å². The number of nitrogens with zero attached hydrogens (tertiary/aromatic N) is 3. The second kappa shape index (κ2) is 11.0. The van der Waals surface area contributed by atoms with Crippen LogP contribution in [0.3, 0.4) is 0 Å². The van der Waals surface area contributed by atoms with Gasteiger partial charge in [0.05, 0.1) is 11.4 Å². The van der Waals surface area contributed by atoms with Crippen LogP contribution in [0.4, 0.5) is 11.4 Å². The van der Waals surface area contributed by atoms with Gasteiger partial charge in [-0.15, -0.1) is 11.3 Å². The highest BCUT2D eigenvalue weighted by Gasteiger charge is 2.22. The van der Waals surface area contributed by atoms with Gasteiger partial charge in [-0.3, -0.25) is 9.59 Å². The molecule has 1 aliphatic heterocycles. The molecule has 1 fully saturated rings. The first kappa shape index (κ1) is 25.5. The molecule has 0 unspecified atom stereocenters. The fourth-order valence-corrected chi connectivity index (χ4v) is 5.67. The zero-order valence-electron chi connectivity index (χ0n) is 20.1. The van der Waals surface area contributed by atoms with E-state index in [1.165, 1.54) is 11.8 Å². The summed E-state index contributed by atoms with van der Waals surface area (Å²) >= 11 is 8.97. The average Bonchev–Trinajstić information content (AvgIpc) is 3.33. The second-order valence-electron chi connectivity index (χ2n) is 9.42. The first-order chi connectivity index (χ1) is 16.7. The van der Waals surface area contributed by atoms with Crippen molar-refractivity contribution < 1.29 is 9.59 Å². The largest absolute Gasteiger partial charge is 0.368 e. The topological polar surface area (TPSA) is 65.5 Å². The Hall–Kier alpha value is -2.55. The van der Waals surface area contributed by atoms with Crippen molar-refractivity contribution in [3.8, 4) is 0 Å². The number of anilines is 2. The third-order valence-electron chi connectivity index (χ3n) is 5.75. The Bertz CT molecular complexity index is 1170. The Morgan fingerprint density at radius 1 is 1.03 bits per heavy atom. The lowest BCUT2D eigenvalue weighted by atomic mass is 9.93. The summed E-state index contributed by atoms with van der Waals surface area (Å²) in [6.45, 7) is 9.23. The van der Waals surface area contributed by atoms with E-state index >= 15 is 0 Å². The molecule has 1 aromatic heterocycles. The van der Waals surface area contributed by atoms with Gasteiger partial charge in [0.2, 0.25) is 5.91 Å². The molecule has 0 radical (unpaired) electrons. The van der Waals surface area contributed by atoms with Crippen LogP contribution in [0, 0.1) is 0 Å². The van der Waals surface area contributed by atoms with E-state index in [0.29, 0.717) is 29.4 Å². The van der Waals surface area contributed by atoms with Crippen molar-refractivity contribution in [3.05, 3.63) is 70.2 Å². The number of thiazole rings is 1. The molecular formula is C26H29ClN4O2S2. The third-order valence-corrected chi connectivity index (χ3v) is 8.03. The molecule has 1 saturated heterocycles. The summed E-state index contributed by atoms with van der Waals surface area (Å²) in [6, 6.07) is 14.9. The minimum Gasteiger partial charge on any atom is -0.368 e. The van der Waals surface area contributed by atoms with E-state index in [4.69, 9.17) is 11.6 Å². The quantitative estimate of drug-likeness (QED) is 0.410. The first-order valence-electron chi connectivity index (χ1n) is 11.5. The molecule has 0 bridgehead atoms. The maximum absolute atomic E-state index is 12.7. The SMILES string of the molecule is CC(C)(C)c1csc(SCC(=O)Nc2ccc(N3CCN(C(=O)c4ccc(Cl)cc4)CC3)cc2)n1. The van der Waals surface area contributed by atoms with Crippen molar-refractivity contribution in [3.63, 3.8) is 0 Å². The molecule has 0 saturated carbocycles. The summed E-state index contributed by atoms with van der Waals surface area (Å²) in [5, 5.41) is 5.65. The van der Waals surface area contributed by atoms with Crippen molar-refractivity contribution in [2.24, 2.45) is 0 Å². The highest BCUT2D eigenvalue weighted by atomic mass is 35.5. The lowest BCUT2D eigenvalue weighted by Crippen LogP contribution is -2.48. The fourth-order valence-electron chi connectivity index (χ4n) is 3.69. The van der Waals surface area contributed by atoms with Crippen LogP contribution in [-0.4, -0.2) is 53.6 Å². The molecule has 6 nitrogen and oxygen atoms in total. The van der Waals surface area contributed by atoms with E-state index in [0.717, 1.165) is 34.5 Å². The average molecular weight is 529 g/mol. The number of piperazine rings is 1. The molecule has 0 atom stereocenters. The molecule has 9 heteroatoms. The lowest BCUT2D eigenvalue weighted by Gasteiger charge is -2.36. The minimum atomic E-state index is -0.0513. The molecule has 1 aliphatic rings. The molecule has 0 spiro atoms. The van der Waals surface area contributed by atoms with Crippen molar-refractivity contribution in [2.45, 2.75) is 30.5 Å². The maximum atomic E-state index is 12.7. The molecule has 2 amide bonds. The van der Waals surface area contributed by atoms with Gasteiger partial charge in [-0.2, -0.15) is 0 Å². The van der Waals surface area contributed by atoms with Crippen molar-refractivity contribution in [1.29, 1.82) is 0 Å². The number of thioether (sulfide) groups is 1. The number of rotatable bonds is 6. The van der Waals surface area contributed by atoms with E-state index in [2.05, 4.69) is 41.4 Å². The zero-order valence-corrected chi connectivity index (χ0v) is 22.5. The molecule has 3 aromatic rings. The molecule has 4 rings (SSSR count). The Balaban J connectivity index is 1.24. The Kier molecular flexibility index (Phi) is 8.04. The Morgan fingerprint density at radius 2 is 1.69 bits per heavy atom. The molecule has 184 valence electrons. The van der Waals surface area contributed by atoms with Gasteiger partial charge >= 0.3 is 0 Å². The van der Waals surface area contributed by atoms with Gasteiger partial charge in [-0.05, 0) is 48.5 Å². The van der Waals surface area contributed by atoms with Gasteiger partial charge in [-0.1, -0.05) is 44.1 Å². The fraction of sp³-hybridized carbons (Fsp3) is 0.346. The number of hydrogen-bond donors (Lipinski definition) is 1. The van der Waals surface area contributed by atoms with E-state index in [1.54, 1.807) is 35.6 Å². The van der Waals surface area contributed by atoms with Gasteiger partial charge in [-0.25, -0.2) is 4.98 Å². The van der Waals surface area contributed by atoms with Gasteiger partial charge in [0, 0.05) is 58.9 Å². The van der Waals surface area contributed by atoms with Gasteiger partial charge in [0.25, 0.3) is 5.91 Å². The highest BCUT2D eigenvalue weighted by Crippen LogP contribution is 2.29. The van der Waals surface area contributed by atoms with Crippen molar-refractivity contribution in [1.82, 2.24) is 9.88 Å². The van der Waals surface area contributed by atoms with Crippen molar-refractivity contribution >= 4 is 57.9 Å². The maximum Gasteiger partial charge on any atom is 0.253 e. The summed E-state index contributed by atoms with van der Waals surface area (Å²) in [4.78, 5) is 33.9. The normalized spacial score (nSPS) is 14.2. The van der Waals surface area contributed by atoms with Crippen molar-refractivity contribution in [2.75, 3.05) is 42.1 Å². The van der Waals surface area contributed by atoms with Gasteiger partial charge in [0.15, 0.2) is 4.34 Å². The highest BCUT2D eigenvalue weighted by molar-refractivity contribution is 8.01. The number of carbonyl (C=O) groups is 2. The first-order valence-corrected chi connectivity index (χ1v) is 13.7. The summed E-state index contributed by atoms with van der Waals surface area (Å²) in [5.41, 5.74) is 3.57. The predicted molar refractivity (Wildman–Crippen MR) is 146 cm³/mol. The molecule has 35 heavy (non-hydrogen) atoms. The Labute approximate surface area is 219 Å². The molecular weight excluding hydrogens is 500 g/mol. The standard InChI is InChI=1S/C26H29ClN4O2S2/c1-26(2,3)22-16-34-25(29-22)35-17-23(32)28-20-8-10-21(11-9-20)30-12-14-31(15-13-30)24(33)18-4-6-19(27)7-5-18/h4-11,16H,12-15,17H2,1-3H3,(H,28,32). The number of amides is 2. The van der Waals surface area contributed by atoms with E-state index < -0.39 is 0 Å². The van der Waals surface area contributed by atoms with E-state index in [-0.39, 0.29) is 17.2 Å². The van der Waals surface area contributed by atoms with E-state index in [9.17, 15) is 9.59 Å². The number of hydrogen-bond acceptors (Lipinski definition) is 6. The van der Waals surface area contributed by atoms with E-state index in [1.807, 2.05) is 29.2 Å². The number of halogens is 1. The third kappa shape index (κ3) is 6.78. The summed E-state index contributed by atoms with van der Waals surface area (Å²) in [7, 11) is 0. The predicted octanol–water partition coefficient (Wildman–Crippen LogP) is 5.79. The molecule has 2 heterocycles. The van der Waals surface area contributed by atoms with Crippen LogP contribution in [0.2, 0.25) is 5.02 Å². The number of nitrogens with one attached hydrogen (secondary N) is 1. The smallest absolute Gasteiger partial charge is 0.253 e. The molecule has 1 N–H and O–H groups in total. The van der Waals surface area contributed by atoms with Gasteiger partial charge in [0.1, 0.15) is 0 Å². The minimum absolute atomic E-state index is 0.0121. The van der Waals surface area contributed by atoms with Crippen LogP contribution in [0.25, 0.3) is 0 Å². The van der Waals surface area contributed by atoms with Crippen LogP contribution >= 0.6 is 34.7 Å². The monoisotopic (exact) mass is 528 g/mol. The number of aromatic nitrogens is 1. The number of benzene rings is 2. The zero-order chi connectivity index (χ0) is 25.0. The van der Waals surface area contributed by atoms with Gasteiger partial charge < -0.3 is 15.1 Å². The summed E-state index contributed by atoms with van der Waals surface area (Å²) < 4.78 is 0.911. The summed E-state index contributed by atoms with van der Waals surface area (Å²) in [5.74, 6) is 0.303.